The third-order valence-electron chi connectivity index (χ3n) is 2.69. The second kappa shape index (κ2) is 4.99. The Bertz CT molecular complexity index is 350. The molecule has 0 aliphatic carbocycles. The van der Waals surface area contributed by atoms with Crippen LogP contribution in [0.3, 0.4) is 0 Å². The molecule has 1 aliphatic rings. The SMILES string of the molecule is OC(c1cc(Cl)ccc1I)C1CCOC1. The minimum Gasteiger partial charge on any atom is -0.388 e. The fraction of sp³-hybridized carbons (Fsp3) is 0.455. The first kappa shape index (κ1) is 11.6. The molecule has 0 spiro atoms. The van der Waals surface area contributed by atoms with Gasteiger partial charge in [-0.25, -0.2) is 0 Å². The van der Waals surface area contributed by atoms with Crippen LogP contribution in [0.2, 0.25) is 5.02 Å². The van der Waals surface area contributed by atoms with Gasteiger partial charge in [0.25, 0.3) is 0 Å². The summed E-state index contributed by atoms with van der Waals surface area (Å²) in [6, 6.07) is 5.61. The summed E-state index contributed by atoms with van der Waals surface area (Å²) in [5, 5.41) is 10.9. The fourth-order valence-electron chi connectivity index (χ4n) is 1.80. The van der Waals surface area contributed by atoms with Crippen LogP contribution in [0.15, 0.2) is 18.2 Å². The molecule has 1 aliphatic heterocycles. The molecule has 0 bridgehead atoms. The van der Waals surface area contributed by atoms with Crippen LogP contribution >= 0.6 is 34.2 Å². The molecule has 4 heteroatoms. The summed E-state index contributed by atoms with van der Waals surface area (Å²) in [5.74, 6) is 0.206. The molecule has 2 atom stereocenters. The van der Waals surface area contributed by atoms with Gasteiger partial charge in [-0.3, -0.25) is 0 Å². The van der Waals surface area contributed by atoms with Crippen LogP contribution in [0.1, 0.15) is 18.1 Å². The summed E-state index contributed by atoms with van der Waals surface area (Å²) < 4.78 is 6.33. The third kappa shape index (κ3) is 2.64. The number of hydrogen-bond donors (Lipinski definition) is 1. The molecule has 1 saturated heterocycles. The average Bonchev–Trinajstić information content (AvgIpc) is 2.74. The maximum Gasteiger partial charge on any atom is 0.0851 e. The molecule has 0 aromatic heterocycles. The minimum absolute atomic E-state index is 0.206. The van der Waals surface area contributed by atoms with E-state index in [1.807, 2.05) is 18.2 Å². The summed E-state index contributed by atoms with van der Waals surface area (Å²) >= 11 is 8.14. The number of ether oxygens (including phenoxy) is 1. The number of benzene rings is 1. The quantitative estimate of drug-likeness (QED) is 0.840. The molecule has 2 unspecified atom stereocenters. The Balaban J connectivity index is 2.23. The highest BCUT2D eigenvalue weighted by Gasteiger charge is 2.26. The van der Waals surface area contributed by atoms with Crippen molar-refractivity contribution >= 4 is 34.2 Å². The molecule has 82 valence electrons. The molecule has 1 fully saturated rings. The molecule has 2 rings (SSSR count). The van der Waals surface area contributed by atoms with Gasteiger partial charge in [-0.05, 0) is 52.8 Å². The monoisotopic (exact) mass is 338 g/mol. The molecule has 0 radical (unpaired) electrons. The Labute approximate surface area is 108 Å². The smallest absolute Gasteiger partial charge is 0.0851 e. The van der Waals surface area contributed by atoms with E-state index in [1.165, 1.54) is 0 Å². The van der Waals surface area contributed by atoms with Crippen LogP contribution < -0.4 is 0 Å². The molecule has 2 nitrogen and oxygen atoms in total. The van der Waals surface area contributed by atoms with Gasteiger partial charge >= 0.3 is 0 Å². The Morgan fingerprint density at radius 1 is 1.53 bits per heavy atom. The lowest BCUT2D eigenvalue weighted by molar-refractivity contribution is 0.0912. The van der Waals surface area contributed by atoms with Crippen molar-refractivity contribution in [2.24, 2.45) is 5.92 Å². The van der Waals surface area contributed by atoms with E-state index in [0.29, 0.717) is 11.6 Å². The van der Waals surface area contributed by atoms with Crippen LogP contribution in [-0.4, -0.2) is 18.3 Å². The summed E-state index contributed by atoms with van der Waals surface area (Å²) in [7, 11) is 0. The van der Waals surface area contributed by atoms with Crippen LogP contribution in [-0.2, 0) is 4.74 Å². The van der Waals surface area contributed by atoms with Crippen molar-refractivity contribution in [2.75, 3.05) is 13.2 Å². The predicted molar refractivity (Wildman–Crippen MR) is 68.1 cm³/mol. The maximum absolute atomic E-state index is 10.2. The summed E-state index contributed by atoms with van der Waals surface area (Å²) in [5.41, 5.74) is 0.915. The Kier molecular flexibility index (Phi) is 3.88. The van der Waals surface area contributed by atoms with Crippen LogP contribution in [0, 0.1) is 9.49 Å². The second-order valence-electron chi connectivity index (χ2n) is 3.73. The first-order valence-electron chi connectivity index (χ1n) is 4.89. The molecule has 1 heterocycles. The molecular formula is C11H12ClIO2. The second-order valence-corrected chi connectivity index (χ2v) is 5.33. The molecule has 1 N–H and O–H groups in total. The van der Waals surface area contributed by atoms with E-state index >= 15 is 0 Å². The summed E-state index contributed by atoms with van der Waals surface area (Å²) in [4.78, 5) is 0. The van der Waals surface area contributed by atoms with Gasteiger partial charge in [0, 0.05) is 21.1 Å². The first-order chi connectivity index (χ1) is 7.18. The number of aliphatic hydroxyl groups is 1. The highest BCUT2D eigenvalue weighted by molar-refractivity contribution is 14.1. The number of aliphatic hydroxyl groups excluding tert-OH is 1. The van der Waals surface area contributed by atoms with E-state index in [9.17, 15) is 5.11 Å². The van der Waals surface area contributed by atoms with Crippen molar-refractivity contribution < 1.29 is 9.84 Å². The normalized spacial score (nSPS) is 23.0. The van der Waals surface area contributed by atoms with Crippen molar-refractivity contribution in [1.82, 2.24) is 0 Å². The van der Waals surface area contributed by atoms with Crippen molar-refractivity contribution in [3.63, 3.8) is 0 Å². The van der Waals surface area contributed by atoms with Gasteiger partial charge in [-0.15, -0.1) is 0 Å². The maximum atomic E-state index is 10.2. The van der Waals surface area contributed by atoms with E-state index < -0.39 is 6.10 Å². The largest absolute Gasteiger partial charge is 0.388 e. The zero-order valence-electron chi connectivity index (χ0n) is 8.12. The zero-order chi connectivity index (χ0) is 10.8. The highest BCUT2D eigenvalue weighted by atomic mass is 127. The number of rotatable bonds is 2. The molecule has 15 heavy (non-hydrogen) atoms. The topological polar surface area (TPSA) is 29.5 Å². The molecule has 0 saturated carbocycles. The Morgan fingerprint density at radius 2 is 2.33 bits per heavy atom. The number of hydrogen-bond acceptors (Lipinski definition) is 2. The summed E-state index contributed by atoms with van der Waals surface area (Å²) in [6.45, 7) is 1.39. The minimum atomic E-state index is -0.460. The molecular weight excluding hydrogens is 326 g/mol. The first-order valence-corrected chi connectivity index (χ1v) is 6.35. The standard InChI is InChI=1S/C11H12ClIO2/c12-8-1-2-10(13)9(5-8)11(14)7-3-4-15-6-7/h1-2,5,7,11,14H,3-4,6H2. The molecule has 1 aromatic carbocycles. The Hall–Kier alpha value is 0.160. The molecule has 1 aromatic rings. The lowest BCUT2D eigenvalue weighted by Crippen LogP contribution is -2.13. The van der Waals surface area contributed by atoms with Gasteiger partial charge in [-0.1, -0.05) is 11.6 Å². The average molecular weight is 339 g/mol. The molecule has 0 amide bonds. The van der Waals surface area contributed by atoms with Crippen molar-refractivity contribution in [3.05, 3.63) is 32.4 Å². The number of halogens is 2. The van der Waals surface area contributed by atoms with E-state index in [0.717, 1.165) is 22.2 Å². The zero-order valence-corrected chi connectivity index (χ0v) is 11.0. The lowest BCUT2D eigenvalue weighted by Gasteiger charge is -2.18. The van der Waals surface area contributed by atoms with Gasteiger partial charge < -0.3 is 9.84 Å². The fourth-order valence-corrected chi connectivity index (χ4v) is 2.63. The predicted octanol–water partition coefficient (Wildman–Crippen LogP) is 3.01. The Morgan fingerprint density at radius 3 is 3.00 bits per heavy atom. The van der Waals surface area contributed by atoms with Crippen LogP contribution in [0.5, 0.6) is 0 Å². The third-order valence-corrected chi connectivity index (χ3v) is 3.91. The van der Waals surface area contributed by atoms with Gasteiger partial charge in [0.05, 0.1) is 12.7 Å². The lowest BCUT2D eigenvalue weighted by atomic mass is 9.95. The highest BCUT2D eigenvalue weighted by Crippen LogP contribution is 2.32. The van der Waals surface area contributed by atoms with Crippen LogP contribution in [0.25, 0.3) is 0 Å². The summed E-state index contributed by atoms with van der Waals surface area (Å²) in [6.07, 6.45) is 0.460. The van der Waals surface area contributed by atoms with Gasteiger partial charge in [0.2, 0.25) is 0 Å². The van der Waals surface area contributed by atoms with Gasteiger partial charge in [-0.2, -0.15) is 0 Å². The van der Waals surface area contributed by atoms with E-state index in [-0.39, 0.29) is 5.92 Å². The van der Waals surface area contributed by atoms with Crippen molar-refractivity contribution in [1.29, 1.82) is 0 Å². The van der Waals surface area contributed by atoms with Crippen LogP contribution in [0.4, 0.5) is 0 Å². The van der Waals surface area contributed by atoms with E-state index in [2.05, 4.69) is 22.6 Å². The van der Waals surface area contributed by atoms with E-state index in [1.54, 1.807) is 0 Å². The van der Waals surface area contributed by atoms with Gasteiger partial charge in [0.1, 0.15) is 0 Å². The van der Waals surface area contributed by atoms with E-state index in [4.69, 9.17) is 16.3 Å². The van der Waals surface area contributed by atoms with Crippen molar-refractivity contribution in [3.8, 4) is 0 Å². The van der Waals surface area contributed by atoms with Gasteiger partial charge in [0.15, 0.2) is 0 Å². The van der Waals surface area contributed by atoms with Crippen molar-refractivity contribution in [2.45, 2.75) is 12.5 Å².